The zero-order valence-corrected chi connectivity index (χ0v) is 20.5. The smallest absolute Gasteiger partial charge is 0.264 e. The van der Waals surface area contributed by atoms with Crippen LogP contribution in [0.4, 0.5) is 14.5 Å². The summed E-state index contributed by atoms with van der Waals surface area (Å²) in [4.78, 5) is 2.29. The van der Waals surface area contributed by atoms with Gasteiger partial charge in [-0.05, 0) is 80.4 Å². The molecule has 0 saturated carbocycles. The second-order valence-electron chi connectivity index (χ2n) is 8.56. The van der Waals surface area contributed by atoms with Gasteiger partial charge in [-0.2, -0.15) is 0 Å². The molecule has 3 aromatic carbocycles. The number of nitrogens with zero attached hydrogens (tertiary/aromatic N) is 2. The van der Waals surface area contributed by atoms with E-state index in [2.05, 4.69) is 4.90 Å². The number of rotatable bonds is 7. The van der Waals surface area contributed by atoms with E-state index in [0.29, 0.717) is 11.6 Å². The van der Waals surface area contributed by atoms with Crippen molar-refractivity contribution in [1.82, 2.24) is 4.90 Å². The van der Waals surface area contributed by atoms with Gasteiger partial charge in [0.2, 0.25) is 0 Å². The minimum atomic E-state index is -4.25. The van der Waals surface area contributed by atoms with Crippen LogP contribution in [0, 0.1) is 11.6 Å². The maximum atomic E-state index is 15.0. The largest absolute Gasteiger partial charge is 0.299 e. The van der Waals surface area contributed by atoms with Crippen LogP contribution in [0.3, 0.4) is 0 Å². The molecule has 4 nitrogen and oxygen atoms in total. The van der Waals surface area contributed by atoms with Crippen molar-refractivity contribution in [2.45, 2.75) is 43.7 Å². The van der Waals surface area contributed by atoms with E-state index < -0.39 is 27.7 Å². The van der Waals surface area contributed by atoms with Crippen LogP contribution in [0.15, 0.2) is 71.6 Å². The molecule has 1 saturated heterocycles. The van der Waals surface area contributed by atoms with Crippen molar-refractivity contribution in [3.05, 3.63) is 94.5 Å². The lowest BCUT2D eigenvalue weighted by molar-refractivity contribution is 0.220. The van der Waals surface area contributed by atoms with E-state index in [1.807, 2.05) is 24.3 Å². The van der Waals surface area contributed by atoms with E-state index >= 15 is 0 Å². The fourth-order valence-electron chi connectivity index (χ4n) is 4.49. The summed E-state index contributed by atoms with van der Waals surface area (Å²) in [5.74, 6) is -1.54. The first-order valence-corrected chi connectivity index (χ1v) is 13.1. The second kappa shape index (κ2) is 10.4. The van der Waals surface area contributed by atoms with E-state index in [-0.39, 0.29) is 10.6 Å². The molecule has 34 heavy (non-hydrogen) atoms. The molecule has 0 radical (unpaired) electrons. The van der Waals surface area contributed by atoms with Gasteiger partial charge < -0.3 is 0 Å². The van der Waals surface area contributed by atoms with Crippen molar-refractivity contribution in [3.63, 3.8) is 0 Å². The van der Waals surface area contributed by atoms with E-state index in [4.69, 9.17) is 11.6 Å². The Hall–Kier alpha value is -2.48. The molecular weight excluding hydrogens is 478 g/mol. The first-order valence-electron chi connectivity index (χ1n) is 11.3. The summed E-state index contributed by atoms with van der Waals surface area (Å²) in [5.41, 5.74) is 1.37. The Kier molecular flexibility index (Phi) is 7.55. The number of hydrogen-bond acceptors (Lipinski definition) is 3. The number of hydrogen-bond donors (Lipinski definition) is 0. The topological polar surface area (TPSA) is 40.6 Å². The first kappa shape index (κ1) is 24.6. The van der Waals surface area contributed by atoms with Gasteiger partial charge in [-0.25, -0.2) is 17.2 Å². The number of anilines is 1. The van der Waals surface area contributed by atoms with Crippen LogP contribution in [0.5, 0.6) is 0 Å². The standard InChI is InChI=1S/C26H27ClF2N2O2S/c1-19(24-8-4-3-7-20(24)18-30-15-5-2-6-16-30)31(26-17-22(28)11-14-25(26)29)34(32,33)23-12-9-21(27)10-13-23/h3-4,7-14,17,19H,2,5-6,15-16,18H2,1H3. The Bertz CT molecular complexity index is 1250. The molecule has 0 bridgehead atoms. The van der Waals surface area contributed by atoms with Crippen LogP contribution in [0.1, 0.15) is 43.4 Å². The van der Waals surface area contributed by atoms with Crippen molar-refractivity contribution in [1.29, 1.82) is 0 Å². The van der Waals surface area contributed by atoms with Crippen molar-refractivity contribution < 1.29 is 17.2 Å². The molecule has 0 aliphatic carbocycles. The van der Waals surface area contributed by atoms with E-state index in [0.717, 1.165) is 59.6 Å². The number of benzene rings is 3. The lowest BCUT2D eigenvalue weighted by atomic mass is 9.99. The van der Waals surface area contributed by atoms with Crippen molar-refractivity contribution in [2.24, 2.45) is 0 Å². The van der Waals surface area contributed by atoms with E-state index in [1.165, 1.54) is 30.7 Å². The Balaban J connectivity index is 1.81. The molecule has 1 aliphatic heterocycles. The third-order valence-electron chi connectivity index (χ3n) is 6.22. The predicted octanol–water partition coefficient (Wildman–Crippen LogP) is 6.56. The second-order valence-corrected chi connectivity index (χ2v) is 10.8. The summed E-state index contributed by atoms with van der Waals surface area (Å²) < 4.78 is 57.8. The highest BCUT2D eigenvalue weighted by Gasteiger charge is 2.33. The van der Waals surface area contributed by atoms with Gasteiger partial charge in [0.05, 0.1) is 16.6 Å². The van der Waals surface area contributed by atoms with Gasteiger partial charge in [-0.3, -0.25) is 9.21 Å². The molecule has 0 spiro atoms. The highest BCUT2D eigenvalue weighted by Crippen LogP contribution is 2.37. The summed E-state index contributed by atoms with van der Waals surface area (Å²) in [7, 11) is -4.25. The maximum Gasteiger partial charge on any atom is 0.264 e. The van der Waals surface area contributed by atoms with Crippen LogP contribution < -0.4 is 4.31 Å². The van der Waals surface area contributed by atoms with Gasteiger partial charge in [-0.15, -0.1) is 0 Å². The fourth-order valence-corrected chi connectivity index (χ4v) is 6.25. The number of likely N-dealkylation sites (tertiary alicyclic amines) is 1. The lowest BCUT2D eigenvalue weighted by Crippen LogP contribution is -2.35. The molecule has 0 N–H and O–H groups in total. The van der Waals surface area contributed by atoms with E-state index in [1.54, 1.807) is 6.92 Å². The fraction of sp³-hybridized carbons (Fsp3) is 0.308. The first-order chi connectivity index (χ1) is 16.3. The molecule has 0 aromatic heterocycles. The van der Waals surface area contributed by atoms with Crippen molar-refractivity contribution in [2.75, 3.05) is 17.4 Å². The van der Waals surface area contributed by atoms with Gasteiger partial charge in [0.1, 0.15) is 11.6 Å². The molecule has 1 fully saturated rings. The Morgan fingerprint density at radius 1 is 0.971 bits per heavy atom. The highest BCUT2D eigenvalue weighted by molar-refractivity contribution is 7.92. The van der Waals surface area contributed by atoms with Crippen molar-refractivity contribution >= 4 is 27.3 Å². The molecular formula is C26H27ClF2N2O2S. The molecule has 0 amide bonds. The predicted molar refractivity (Wildman–Crippen MR) is 131 cm³/mol. The van der Waals surface area contributed by atoms with Gasteiger partial charge >= 0.3 is 0 Å². The summed E-state index contributed by atoms with van der Waals surface area (Å²) in [6, 6.07) is 15.3. The summed E-state index contributed by atoms with van der Waals surface area (Å²) in [6.07, 6.45) is 3.47. The van der Waals surface area contributed by atoms with Crippen molar-refractivity contribution in [3.8, 4) is 0 Å². The summed E-state index contributed by atoms with van der Waals surface area (Å²) >= 11 is 5.95. The zero-order valence-electron chi connectivity index (χ0n) is 18.9. The lowest BCUT2D eigenvalue weighted by Gasteiger charge is -2.33. The number of piperidine rings is 1. The Labute approximate surface area is 204 Å². The molecule has 1 unspecified atom stereocenters. The molecule has 3 aromatic rings. The van der Waals surface area contributed by atoms with Gasteiger partial charge in [-0.1, -0.05) is 42.3 Å². The minimum absolute atomic E-state index is 0.0547. The zero-order chi connectivity index (χ0) is 24.3. The Morgan fingerprint density at radius 2 is 1.65 bits per heavy atom. The molecule has 8 heteroatoms. The molecule has 4 rings (SSSR count). The van der Waals surface area contributed by atoms with Gasteiger partial charge in [0.15, 0.2) is 0 Å². The Morgan fingerprint density at radius 3 is 2.35 bits per heavy atom. The van der Waals surface area contributed by atoms with Crippen LogP contribution in [-0.2, 0) is 16.6 Å². The van der Waals surface area contributed by atoms with Gasteiger partial charge in [0.25, 0.3) is 10.0 Å². The van der Waals surface area contributed by atoms with Crippen LogP contribution in [0.25, 0.3) is 0 Å². The normalized spacial score (nSPS) is 15.8. The minimum Gasteiger partial charge on any atom is -0.299 e. The van der Waals surface area contributed by atoms with E-state index in [9.17, 15) is 17.2 Å². The third-order valence-corrected chi connectivity index (χ3v) is 8.37. The molecule has 1 aliphatic rings. The maximum absolute atomic E-state index is 15.0. The SMILES string of the molecule is CC(c1ccccc1CN1CCCCC1)N(c1cc(F)ccc1F)S(=O)(=O)c1ccc(Cl)cc1. The monoisotopic (exact) mass is 504 g/mol. The number of halogens is 3. The molecule has 180 valence electrons. The molecule has 1 heterocycles. The van der Waals surface area contributed by atoms with Gasteiger partial charge in [0, 0.05) is 17.6 Å². The number of sulfonamides is 1. The average molecular weight is 505 g/mol. The average Bonchev–Trinajstić information content (AvgIpc) is 2.82. The molecule has 1 atom stereocenters. The van der Waals surface area contributed by atoms with Crippen LogP contribution in [0.2, 0.25) is 5.02 Å². The summed E-state index contributed by atoms with van der Waals surface area (Å²) in [5, 5.41) is 0.377. The van der Waals surface area contributed by atoms with Crippen LogP contribution in [-0.4, -0.2) is 26.4 Å². The van der Waals surface area contributed by atoms with Crippen LogP contribution >= 0.6 is 11.6 Å². The highest BCUT2D eigenvalue weighted by atomic mass is 35.5. The summed E-state index contributed by atoms with van der Waals surface area (Å²) in [6.45, 7) is 4.33. The third kappa shape index (κ3) is 5.27. The quantitative estimate of drug-likeness (QED) is 0.366.